The van der Waals surface area contributed by atoms with E-state index in [1.54, 1.807) is 6.92 Å². The number of aliphatic hydroxyl groups is 1. The zero-order valence-electron chi connectivity index (χ0n) is 12.5. The minimum Gasteiger partial charge on any atom is -0.488 e. The lowest BCUT2D eigenvalue weighted by Crippen LogP contribution is -2.31. The molecule has 2 N–H and O–H groups in total. The SMILES string of the molecule is CCC(C)(O)COc1c(Br)cc(CNC(C)C)cc1Br. The van der Waals surface area contributed by atoms with Crippen molar-refractivity contribution >= 4 is 31.9 Å². The Hall–Kier alpha value is -0.100. The molecule has 0 radical (unpaired) electrons. The number of ether oxygens (including phenoxy) is 1. The molecule has 0 aliphatic carbocycles. The van der Waals surface area contributed by atoms with Crippen LogP contribution in [0.3, 0.4) is 0 Å². The van der Waals surface area contributed by atoms with Gasteiger partial charge < -0.3 is 15.2 Å². The van der Waals surface area contributed by atoms with Gasteiger partial charge in [-0.05, 0) is 62.9 Å². The third-order valence-corrected chi connectivity index (χ3v) is 4.24. The van der Waals surface area contributed by atoms with Gasteiger partial charge in [0.25, 0.3) is 0 Å². The summed E-state index contributed by atoms with van der Waals surface area (Å²) in [6.07, 6.45) is 0.651. The van der Waals surface area contributed by atoms with E-state index in [9.17, 15) is 5.11 Å². The lowest BCUT2D eigenvalue weighted by Gasteiger charge is -2.22. The Morgan fingerprint density at radius 2 is 1.85 bits per heavy atom. The monoisotopic (exact) mass is 407 g/mol. The van der Waals surface area contributed by atoms with Crippen molar-refractivity contribution in [3.63, 3.8) is 0 Å². The summed E-state index contributed by atoms with van der Waals surface area (Å²) in [6.45, 7) is 9.03. The highest BCUT2D eigenvalue weighted by atomic mass is 79.9. The first-order valence-electron chi connectivity index (χ1n) is 6.81. The lowest BCUT2D eigenvalue weighted by molar-refractivity contribution is 0.00799. The highest BCUT2D eigenvalue weighted by Gasteiger charge is 2.20. The van der Waals surface area contributed by atoms with E-state index in [1.807, 2.05) is 19.1 Å². The molecule has 3 nitrogen and oxygen atoms in total. The molecule has 0 amide bonds. The fraction of sp³-hybridized carbons (Fsp3) is 0.600. The van der Waals surface area contributed by atoms with Crippen LogP contribution in [0.2, 0.25) is 0 Å². The van der Waals surface area contributed by atoms with Crippen LogP contribution in [0.5, 0.6) is 5.75 Å². The zero-order chi connectivity index (χ0) is 15.3. The van der Waals surface area contributed by atoms with E-state index in [2.05, 4.69) is 51.0 Å². The van der Waals surface area contributed by atoms with Crippen molar-refractivity contribution in [1.29, 1.82) is 0 Å². The van der Waals surface area contributed by atoms with Gasteiger partial charge in [-0.25, -0.2) is 0 Å². The Labute approximate surface area is 138 Å². The molecule has 0 aliphatic rings. The van der Waals surface area contributed by atoms with Crippen LogP contribution >= 0.6 is 31.9 Å². The number of benzene rings is 1. The van der Waals surface area contributed by atoms with Crippen LogP contribution in [0, 0.1) is 0 Å². The first kappa shape index (κ1) is 18.0. The number of nitrogens with one attached hydrogen (secondary N) is 1. The summed E-state index contributed by atoms with van der Waals surface area (Å²) in [5.41, 5.74) is 0.364. The van der Waals surface area contributed by atoms with Gasteiger partial charge in [0.2, 0.25) is 0 Å². The molecular formula is C15H23Br2NO2. The fourth-order valence-electron chi connectivity index (χ4n) is 1.50. The minimum absolute atomic E-state index is 0.268. The molecule has 1 aromatic rings. The summed E-state index contributed by atoms with van der Waals surface area (Å²) < 4.78 is 7.52. The van der Waals surface area contributed by atoms with E-state index in [-0.39, 0.29) is 6.61 Å². The third-order valence-electron chi connectivity index (χ3n) is 3.06. The molecule has 0 spiro atoms. The molecule has 0 saturated carbocycles. The summed E-state index contributed by atoms with van der Waals surface area (Å²) in [5, 5.41) is 13.4. The van der Waals surface area contributed by atoms with E-state index in [0.29, 0.717) is 12.5 Å². The van der Waals surface area contributed by atoms with Gasteiger partial charge in [-0.1, -0.05) is 20.8 Å². The Morgan fingerprint density at radius 1 is 1.30 bits per heavy atom. The summed E-state index contributed by atoms with van der Waals surface area (Å²) in [7, 11) is 0. The maximum Gasteiger partial charge on any atom is 0.147 e. The minimum atomic E-state index is -0.809. The molecule has 1 rings (SSSR count). The van der Waals surface area contributed by atoms with Gasteiger partial charge in [0.1, 0.15) is 12.4 Å². The predicted molar refractivity (Wildman–Crippen MR) is 90.2 cm³/mol. The average Bonchev–Trinajstić information content (AvgIpc) is 2.35. The molecule has 114 valence electrons. The average molecular weight is 409 g/mol. The van der Waals surface area contributed by atoms with Crippen molar-refractivity contribution in [2.45, 2.75) is 52.3 Å². The van der Waals surface area contributed by atoms with Gasteiger partial charge >= 0.3 is 0 Å². The maximum absolute atomic E-state index is 10.0. The van der Waals surface area contributed by atoms with Crippen LogP contribution in [-0.2, 0) is 6.54 Å². The van der Waals surface area contributed by atoms with Crippen molar-refractivity contribution in [1.82, 2.24) is 5.32 Å². The Balaban J connectivity index is 2.79. The number of hydrogen-bond acceptors (Lipinski definition) is 3. The van der Waals surface area contributed by atoms with Crippen molar-refractivity contribution < 1.29 is 9.84 Å². The van der Waals surface area contributed by atoms with E-state index in [1.165, 1.54) is 5.56 Å². The van der Waals surface area contributed by atoms with E-state index >= 15 is 0 Å². The van der Waals surface area contributed by atoms with Crippen LogP contribution in [0.25, 0.3) is 0 Å². The highest BCUT2D eigenvalue weighted by molar-refractivity contribution is 9.11. The molecule has 0 aliphatic heterocycles. The Kier molecular flexibility index (Phi) is 6.98. The summed E-state index contributed by atoms with van der Waals surface area (Å²) in [6, 6.07) is 4.52. The van der Waals surface area contributed by atoms with Gasteiger partial charge in [0, 0.05) is 12.6 Å². The number of rotatable bonds is 7. The summed E-state index contributed by atoms with van der Waals surface area (Å²) >= 11 is 7.06. The van der Waals surface area contributed by atoms with Gasteiger partial charge in [0.15, 0.2) is 0 Å². The van der Waals surface area contributed by atoms with Gasteiger partial charge in [-0.15, -0.1) is 0 Å². The van der Waals surface area contributed by atoms with Crippen LogP contribution in [-0.4, -0.2) is 23.4 Å². The summed E-state index contributed by atoms with van der Waals surface area (Å²) in [5.74, 6) is 0.729. The van der Waals surface area contributed by atoms with E-state index in [4.69, 9.17) is 4.74 Å². The normalized spacial score (nSPS) is 14.4. The van der Waals surface area contributed by atoms with Crippen LogP contribution in [0.1, 0.15) is 39.7 Å². The van der Waals surface area contributed by atoms with Gasteiger partial charge in [-0.2, -0.15) is 0 Å². The standard InChI is InChI=1S/C15H23Br2NO2/c1-5-15(4,19)9-20-14-12(16)6-11(7-13(14)17)8-18-10(2)3/h6-7,10,18-19H,5,8-9H2,1-4H3. The quantitative estimate of drug-likeness (QED) is 0.708. The smallest absolute Gasteiger partial charge is 0.147 e. The van der Waals surface area contributed by atoms with Crippen LogP contribution in [0.15, 0.2) is 21.1 Å². The maximum atomic E-state index is 10.0. The molecule has 1 atom stereocenters. The van der Waals surface area contributed by atoms with Crippen molar-refractivity contribution in [2.24, 2.45) is 0 Å². The predicted octanol–water partition coefficient (Wildman–Crippen LogP) is 4.25. The largest absolute Gasteiger partial charge is 0.488 e. The summed E-state index contributed by atoms with van der Waals surface area (Å²) in [4.78, 5) is 0. The first-order chi connectivity index (χ1) is 9.25. The number of halogens is 2. The Morgan fingerprint density at radius 3 is 2.30 bits per heavy atom. The number of hydrogen-bond donors (Lipinski definition) is 2. The highest BCUT2D eigenvalue weighted by Crippen LogP contribution is 2.35. The lowest BCUT2D eigenvalue weighted by atomic mass is 10.1. The molecule has 0 aromatic heterocycles. The van der Waals surface area contributed by atoms with E-state index in [0.717, 1.165) is 21.2 Å². The van der Waals surface area contributed by atoms with Gasteiger partial charge in [-0.3, -0.25) is 0 Å². The van der Waals surface area contributed by atoms with Crippen molar-refractivity contribution in [3.8, 4) is 5.75 Å². The molecule has 1 unspecified atom stereocenters. The second-order valence-electron chi connectivity index (χ2n) is 5.56. The first-order valence-corrected chi connectivity index (χ1v) is 8.40. The van der Waals surface area contributed by atoms with Crippen molar-refractivity contribution in [3.05, 3.63) is 26.6 Å². The topological polar surface area (TPSA) is 41.5 Å². The molecule has 0 heterocycles. The van der Waals surface area contributed by atoms with Crippen molar-refractivity contribution in [2.75, 3.05) is 6.61 Å². The molecule has 20 heavy (non-hydrogen) atoms. The molecule has 1 aromatic carbocycles. The molecule has 5 heteroatoms. The second-order valence-corrected chi connectivity index (χ2v) is 7.27. The molecule has 0 bridgehead atoms. The second kappa shape index (κ2) is 7.78. The van der Waals surface area contributed by atoms with Crippen LogP contribution < -0.4 is 10.1 Å². The zero-order valence-corrected chi connectivity index (χ0v) is 15.6. The molecule has 0 fully saturated rings. The Bertz CT molecular complexity index is 424. The fourth-order valence-corrected chi connectivity index (χ4v) is 3.01. The van der Waals surface area contributed by atoms with Crippen LogP contribution in [0.4, 0.5) is 0 Å². The molecular weight excluding hydrogens is 386 g/mol. The van der Waals surface area contributed by atoms with E-state index < -0.39 is 5.60 Å². The third kappa shape index (κ3) is 5.72. The molecule has 0 saturated heterocycles. The van der Waals surface area contributed by atoms with Gasteiger partial charge in [0.05, 0.1) is 14.5 Å².